The standard InChI is InChI=1S/C13H14N6O/c1-9-17-13(20-18-9)10-2-4-19(5-3-10)12-8-15-11(6-14)7-16-12/h7-8,10H,2-5H2,1H3. The molecule has 0 aromatic carbocycles. The first-order valence-electron chi connectivity index (χ1n) is 6.53. The predicted octanol–water partition coefficient (Wildman–Crippen LogP) is 1.42. The SMILES string of the molecule is Cc1noc(C2CCN(c3cnc(C#N)cn3)CC2)n1. The van der Waals surface area contributed by atoms with Crippen LogP contribution in [-0.4, -0.2) is 33.2 Å². The van der Waals surface area contributed by atoms with Gasteiger partial charge in [0.1, 0.15) is 11.9 Å². The molecule has 2 aromatic heterocycles. The molecule has 7 nitrogen and oxygen atoms in total. The van der Waals surface area contributed by atoms with Gasteiger partial charge in [0.15, 0.2) is 11.5 Å². The van der Waals surface area contributed by atoms with Crippen LogP contribution in [0.3, 0.4) is 0 Å². The highest BCUT2D eigenvalue weighted by Crippen LogP contribution is 2.28. The van der Waals surface area contributed by atoms with Crippen LogP contribution in [0.4, 0.5) is 5.82 Å². The molecule has 3 rings (SSSR count). The lowest BCUT2D eigenvalue weighted by molar-refractivity contribution is 0.327. The van der Waals surface area contributed by atoms with Crippen LogP contribution in [0, 0.1) is 18.3 Å². The van der Waals surface area contributed by atoms with E-state index < -0.39 is 0 Å². The second-order valence-corrected chi connectivity index (χ2v) is 4.81. The van der Waals surface area contributed by atoms with Crippen LogP contribution < -0.4 is 4.90 Å². The number of piperidine rings is 1. The first-order chi connectivity index (χ1) is 9.76. The smallest absolute Gasteiger partial charge is 0.229 e. The van der Waals surface area contributed by atoms with E-state index in [1.165, 1.54) is 6.20 Å². The van der Waals surface area contributed by atoms with E-state index in [1.54, 1.807) is 6.20 Å². The molecule has 1 aliphatic heterocycles. The van der Waals surface area contributed by atoms with Gasteiger partial charge in [-0.05, 0) is 19.8 Å². The second-order valence-electron chi connectivity index (χ2n) is 4.81. The van der Waals surface area contributed by atoms with Gasteiger partial charge in [0.25, 0.3) is 0 Å². The van der Waals surface area contributed by atoms with Crippen molar-refractivity contribution in [3.05, 3.63) is 29.8 Å². The van der Waals surface area contributed by atoms with Crippen molar-refractivity contribution < 1.29 is 4.52 Å². The molecule has 0 saturated carbocycles. The minimum Gasteiger partial charge on any atom is -0.355 e. The highest BCUT2D eigenvalue weighted by molar-refractivity contribution is 5.37. The van der Waals surface area contributed by atoms with Gasteiger partial charge < -0.3 is 9.42 Å². The maximum atomic E-state index is 8.71. The average Bonchev–Trinajstić information content (AvgIpc) is 2.94. The summed E-state index contributed by atoms with van der Waals surface area (Å²) in [4.78, 5) is 14.8. The topological polar surface area (TPSA) is 91.7 Å². The fourth-order valence-corrected chi connectivity index (χ4v) is 2.38. The summed E-state index contributed by atoms with van der Waals surface area (Å²) in [5.74, 6) is 2.54. The highest BCUT2D eigenvalue weighted by Gasteiger charge is 2.25. The van der Waals surface area contributed by atoms with Gasteiger partial charge in [-0.15, -0.1) is 0 Å². The Balaban J connectivity index is 1.64. The predicted molar refractivity (Wildman–Crippen MR) is 70.0 cm³/mol. The second kappa shape index (κ2) is 5.25. The van der Waals surface area contributed by atoms with Gasteiger partial charge in [0.05, 0.1) is 12.4 Å². The summed E-state index contributed by atoms with van der Waals surface area (Å²) in [5.41, 5.74) is 0.338. The molecule has 1 aliphatic rings. The number of anilines is 1. The van der Waals surface area contributed by atoms with Crippen molar-refractivity contribution in [2.75, 3.05) is 18.0 Å². The lowest BCUT2D eigenvalue weighted by Gasteiger charge is -2.30. The van der Waals surface area contributed by atoms with Gasteiger partial charge in [-0.2, -0.15) is 10.2 Å². The van der Waals surface area contributed by atoms with Crippen molar-refractivity contribution >= 4 is 5.82 Å². The third-order valence-corrected chi connectivity index (χ3v) is 3.46. The molecule has 0 atom stereocenters. The zero-order valence-corrected chi connectivity index (χ0v) is 11.2. The summed E-state index contributed by atoms with van der Waals surface area (Å²) in [7, 11) is 0. The minimum absolute atomic E-state index is 0.318. The van der Waals surface area contributed by atoms with E-state index in [2.05, 4.69) is 25.0 Å². The molecule has 20 heavy (non-hydrogen) atoms. The van der Waals surface area contributed by atoms with Crippen LogP contribution in [0.2, 0.25) is 0 Å². The van der Waals surface area contributed by atoms with E-state index in [0.29, 0.717) is 17.4 Å². The molecule has 7 heteroatoms. The van der Waals surface area contributed by atoms with Crippen molar-refractivity contribution in [3.8, 4) is 6.07 Å². The Hall–Kier alpha value is -2.49. The Morgan fingerprint density at radius 2 is 2.10 bits per heavy atom. The maximum absolute atomic E-state index is 8.71. The third kappa shape index (κ3) is 2.45. The molecule has 1 fully saturated rings. The number of aromatic nitrogens is 4. The Labute approximate surface area is 116 Å². The van der Waals surface area contributed by atoms with E-state index in [0.717, 1.165) is 37.6 Å². The van der Waals surface area contributed by atoms with E-state index >= 15 is 0 Å². The van der Waals surface area contributed by atoms with Crippen LogP contribution in [-0.2, 0) is 0 Å². The molecular formula is C13H14N6O. The van der Waals surface area contributed by atoms with Crippen LogP contribution in [0.15, 0.2) is 16.9 Å². The average molecular weight is 270 g/mol. The zero-order chi connectivity index (χ0) is 13.9. The molecule has 1 saturated heterocycles. The molecule has 0 amide bonds. The summed E-state index contributed by atoms with van der Waals surface area (Å²) in [6.07, 6.45) is 5.05. The minimum atomic E-state index is 0.318. The number of nitriles is 1. The third-order valence-electron chi connectivity index (χ3n) is 3.46. The fourth-order valence-electron chi connectivity index (χ4n) is 2.38. The van der Waals surface area contributed by atoms with Crippen molar-refractivity contribution in [1.29, 1.82) is 5.26 Å². The molecule has 0 spiro atoms. The molecule has 0 aliphatic carbocycles. The lowest BCUT2D eigenvalue weighted by atomic mass is 9.97. The highest BCUT2D eigenvalue weighted by atomic mass is 16.5. The summed E-state index contributed by atoms with van der Waals surface area (Å²) >= 11 is 0. The van der Waals surface area contributed by atoms with Crippen LogP contribution in [0.25, 0.3) is 0 Å². The number of hydrogen-bond donors (Lipinski definition) is 0. The zero-order valence-electron chi connectivity index (χ0n) is 11.2. The monoisotopic (exact) mass is 270 g/mol. The van der Waals surface area contributed by atoms with Gasteiger partial charge in [0.2, 0.25) is 5.89 Å². The Morgan fingerprint density at radius 3 is 2.65 bits per heavy atom. The summed E-state index contributed by atoms with van der Waals surface area (Å²) in [6.45, 7) is 3.56. The molecule has 0 bridgehead atoms. The first kappa shape index (κ1) is 12.5. The molecule has 0 radical (unpaired) electrons. The summed E-state index contributed by atoms with van der Waals surface area (Å²) in [5, 5.41) is 12.5. The Bertz CT molecular complexity index is 621. The van der Waals surface area contributed by atoms with Gasteiger partial charge in [-0.3, -0.25) is 0 Å². The first-order valence-corrected chi connectivity index (χ1v) is 6.53. The van der Waals surface area contributed by atoms with Gasteiger partial charge in [0, 0.05) is 19.0 Å². The van der Waals surface area contributed by atoms with Crippen LogP contribution in [0.5, 0.6) is 0 Å². The van der Waals surface area contributed by atoms with Gasteiger partial charge in [-0.25, -0.2) is 9.97 Å². The van der Waals surface area contributed by atoms with Crippen molar-refractivity contribution in [2.45, 2.75) is 25.7 Å². The summed E-state index contributed by atoms with van der Waals surface area (Å²) in [6, 6.07) is 1.97. The number of rotatable bonds is 2. The number of nitrogens with zero attached hydrogens (tertiary/aromatic N) is 6. The van der Waals surface area contributed by atoms with E-state index in [4.69, 9.17) is 9.78 Å². The van der Waals surface area contributed by atoms with Crippen molar-refractivity contribution in [2.24, 2.45) is 0 Å². The molecule has 0 N–H and O–H groups in total. The van der Waals surface area contributed by atoms with Crippen molar-refractivity contribution in [3.63, 3.8) is 0 Å². The quantitative estimate of drug-likeness (QED) is 0.814. The largest absolute Gasteiger partial charge is 0.355 e. The molecule has 2 aromatic rings. The van der Waals surface area contributed by atoms with Gasteiger partial charge >= 0.3 is 0 Å². The van der Waals surface area contributed by atoms with Crippen LogP contribution >= 0.6 is 0 Å². The Morgan fingerprint density at radius 1 is 1.30 bits per heavy atom. The normalized spacial score (nSPS) is 16.1. The molecule has 0 unspecified atom stereocenters. The number of hydrogen-bond acceptors (Lipinski definition) is 7. The molecule has 3 heterocycles. The van der Waals surface area contributed by atoms with E-state index in [-0.39, 0.29) is 0 Å². The molecule has 102 valence electrons. The fraction of sp³-hybridized carbons (Fsp3) is 0.462. The summed E-state index contributed by atoms with van der Waals surface area (Å²) < 4.78 is 5.23. The number of aryl methyl sites for hydroxylation is 1. The maximum Gasteiger partial charge on any atom is 0.229 e. The van der Waals surface area contributed by atoms with Crippen LogP contribution in [0.1, 0.15) is 36.2 Å². The van der Waals surface area contributed by atoms with Gasteiger partial charge in [-0.1, -0.05) is 5.16 Å². The molecular weight excluding hydrogens is 256 g/mol. The lowest BCUT2D eigenvalue weighted by Crippen LogP contribution is -2.33. The van der Waals surface area contributed by atoms with E-state index in [9.17, 15) is 0 Å². The Kier molecular flexibility index (Phi) is 3.29. The van der Waals surface area contributed by atoms with Crippen molar-refractivity contribution in [1.82, 2.24) is 20.1 Å². The van der Waals surface area contributed by atoms with E-state index in [1.807, 2.05) is 13.0 Å².